The van der Waals surface area contributed by atoms with Crippen LogP contribution in [0.4, 0.5) is 0 Å². The largest absolute Gasteiger partial charge is 0.413 e. The van der Waals surface area contributed by atoms with E-state index in [1.54, 1.807) is 0 Å². The number of hydrazine groups is 1. The Kier molecular flexibility index (Phi) is 5.09. The minimum absolute atomic E-state index is 0.0714. The third-order valence-electron chi connectivity index (χ3n) is 4.80. The molecule has 0 bridgehead atoms. The predicted octanol–water partition coefficient (Wildman–Crippen LogP) is -2.88. The molecule has 3 aliphatic rings. The van der Waals surface area contributed by atoms with E-state index in [0.29, 0.717) is 32.7 Å². The lowest BCUT2D eigenvalue weighted by Gasteiger charge is -2.51. The van der Waals surface area contributed by atoms with Crippen molar-refractivity contribution in [3.05, 3.63) is 0 Å². The summed E-state index contributed by atoms with van der Waals surface area (Å²) in [7, 11) is -4.59. The fraction of sp³-hybridized carbons (Fsp3) is 0.917. The first-order valence-corrected chi connectivity index (χ1v) is 9.17. The van der Waals surface area contributed by atoms with Crippen LogP contribution < -0.4 is 22.0 Å². The van der Waals surface area contributed by atoms with Crippen LogP contribution in [-0.2, 0) is 24.2 Å². The Labute approximate surface area is 140 Å². The Bertz CT molecular complexity index is 582. The van der Waals surface area contributed by atoms with Gasteiger partial charge in [-0.1, -0.05) is 0 Å². The van der Waals surface area contributed by atoms with Gasteiger partial charge in [-0.15, -0.1) is 0 Å². The number of nitrogens with one attached hydrogen (secondary N) is 3. The summed E-state index contributed by atoms with van der Waals surface area (Å²) in [6.07, 6.45) is 1.31. The molecule has 3 aliphatic heterocycles. The third kappa shape index (κ3) is 4.03. The molecule has 3 rings (SSSR count). The van der Waals surface area contributed by atoms with Gasteiger partial charge in [-0.2, -0.15) is 18.2 Å². The highest BCUT2D eigenvalue weighted by Gasteiger charge is 2.51. The van der Waals surface area contributed by atoms with Crippen LogP contribution in [0.15, 0.2) is 0 Å². The van der Waals surface area contributed by atoms with Crippen LogP contribution in [0.3, 0.4) is 0 Å². The first kappa shape index (κ1) is 17.9. The van der Waals surface area contributed by atoms with Crippen molar-refractivity contribution in [2.45, 2.75) is 31.0 Å². The highest BCUT2D eigenvalue weighted by atomic mass is 32.3. The summed E-state index contributed by atoms with van der Waals surface area (Å²) in [5.74, 6) is -0.149. The third-order valence-corrected chi connectivity index (χ3v) is 5.11. The second kappa shape index (κ2) is 6.80. The van der Waals surface area contributed by atoms with Crippen molar-refractivity contribution in [2.24, 2.45) is 11.1 Å². The lowest BCUT2D eigenvalue weighted by atomic mass is 9.71. The number of hydrogen-bond donors (Lipinski definition) is 5. The molecule has 0 aromatic rings. The predicted molar refractivity (Wildman–Crippen MR) is 81.5 cm³/mol. The minimum Gasteiger partial charge on any atom is -0.380 e. The molecule has 3 saturated heterocycles. The van der Waals surface area contributed by atoms with E-state index in [2.05, 4.69) is 20.5 Å². The minimum atomic E-state index is -4.59. The van der Waals surface area contributed by atoms with Gasteiger partial charge in [0.05, 0.1) is 25.3 Å². The molecular weight excluding hydrogens is 342 g/mol. The zero-order valence-corrected chi connectivity index (χ0v) is 13.9. The molecule has 24 heavy (non-hydrogen) atoms. The van der Waals surface area contributed by atoms with Crippen molar-refractivity contribution >= 4 is 16.3 Å². The van der Waals surface area contributed by atoms with Crippen molar-refractivity contribution < 1.29 is 26.8 Å². The van der Waals surface area contributed by atoms with E-state index in [4.69, 9.17) is 15.0 Å². The van der Waals surface area contributed by atoms with Gasteiger partial charge in [0.2, 0.25) is 0 Å². The maximum atomic E-state index is 12.4. The van der Waals surface area contributed by atoms with Crippen LogP contribution >= 0.6 is 0 Å². The molecule has 0 aromatic heterocycles. The van der Waals surface area contributed by atoms with Crippen LogP contribution in [0.5, 0.6) is 0 Å². The summed E-state index contributed by atoms with van der Waals surface area (Å²) in [6.45, 7) is 2.43. The standard InChI is InChI=1S/C12H23N5O6S/c13-8-1-2-17(5-8)15-11(18)9-3-12(6-22-7-12)10(4-14-9)16-23-24(19,20)21/h8-10,14,16H,1-7,13H2,(H,15,18)(H,19,20,21)/t8?,9-,10-/m0/s1. The fourth-order valence-electron chi connectivity index (χ4n) is 3.37. The summed E-state index contributed by atoms with van der Waals surface area (Å²) in [4.78, 5) is 12.4. The van der Waals surface area contributed by atoms with Crippen molar-refractivity contribution in [3.63, 3.8) is 0 Å². The average Bonchev–Trinajstić information content (AvgIpc) is 2.87. The van der Waals surface area contributed by atoms with Crippen LogP contribution in [0.2, 0.25) is 0 Å². The maximum absolute atomic E-state index is 12.4. The van der Waals surface area contributed by atoms with Crippen molar-refractivity contribution in [1.82, 2.24) is 21.2 Å². The van der Waals surface area contributed by atoms with Gasteiger partial charge in [0, 0.05) is 31.1 Å². The van der Waals surface area contributed by atoms with Gasteiger partial charge in [-0.05, 0) is 12.8 Å². The first-order chi connectivity index (χ1) is 11.3. The number of nitrogens with two attached hydrogens (primary N) is 1. The van der Waals surface area contributed by atoms with Crippen molar-refractivity contribution in [1.29, 1.82) is 0 Å². The molecule has 3 heterocycles. The summed E-state index contributed by atoms with van der Waals surface area (Å²) < 4.78 is 39.7. The lowest BCUT2D eigenvalue weighted by molar-refractivity contribution is -0.168. The number of piperidine rings is 1. The topological polar surface area (TPSA) is 155 Å². The molecule has 0 aliphatic carbocycles. The van der Waals surface area contributed by atoms with E-state index in [9.17, 15) is 13.2 Å². The second-order valence-electron chi connectivity index (χ2n) is 6.67. The highest BCUT2D eigenvalue weighted by molar-refractivity contribution is 7.80. The normalized spacial score (nSPS) is 33.3. The highest BCUT2D eigenvalue weighted by Crippen LogP contribution is 2.39. The zero-order chi connectivity index (χ0) is 17.4. The van der Waals surface area contributed by atoms with Gasteiger partial charge in [-0.3, -0.25) is 14.8 Å². The van der Waals surface area contributed by atoms with Gasteiger partial charge < -0.3 is 15.8 Å². The van der Waals surface area contributed by atoms with Crippen molar-refractivity contribution in [2.75, 3.05) is 32.8 Å². The fourth-order valence-corrected chi connectivity index (χ4v) is 3.61. The van der Waals surface area contributed by atoms with Gasteiger partial charge >= 0.3 is 10.4 Å². The number of hydrogen-bond acceptors (Lipinski definition) is 9. The van der Waals surface area contributed by atoms with Crippen LogP contribution in [0.25, 0.3) is 0 Å². The van der Waals surface area contributed by atoms with Crippen molar-refractivity contribution in [3.8, 4) is 0 Å². The van der Waals surface area contributed by atoms with Gasteiger partial charge in [0.1, 0.15) is 0 Å². The molecule has 0 radical (unpaired) electrons. The molecule has 0 aromatic carbocycles. The Balaban J connectivity index is 1.56. The number of hydroxylamine groups is 1. The van der Waals surface area contributed by atoms with Crippen LogP contribution in [0, 0.1) is 5.41 Å². The summed E-state index contributed by atoms with van der Waals surface area (Å²) in [6, 6.07) is -0.755. The number of amides is 1. The van der Waals surface area contributed by atoms with E-state index in [1.165, 1.54) is 0 Å². The average molecular weight is 365 g/mol. The van der Waals surface area contributed by atoms with E-state index in [-0.39, 0.29) is 11.9 Å². The number of carbonyl (C=O) groups excluding carboxylic acids is 1. The second-order valence-corrected chi connectivity index (χ2v) is 7.69. The number of nitrogens with zero attached hydrogens (tertiary/aromatic N) is 1. The van der Waals surface area contributed by atoms with E-state index in [0.717, 1.165) is 13.0 Å². The van der Waals surface area contributed by atoms with Crippen LogP contribution in [0.1, 0.15) is 12.8 Å². The Morgan fingerprint density at radius 3 is 2.75 bits per heavy atom. The zero-order valence-electron chi connectivity index (χ0n) is 13.1. The molecule has 138 valence electrons. The molecule has 6 N–H and O–H groups in total. The quantitative estimate of drug-likeness (QED) is 0.253. The van der Waals surface area contributed by atoms with Crippen LogP contribution in [-0.4, -0.2) is 74.9 Å². The maximum Gasteiger partial charge on any atom is 0.413 e. The molecular formula is C12H23N5O6S. The van der Waals surface area contributed by atoms with E-state index >= 15 is 0 Å². The first-order valence-electron chi connectivity index (χ1n) is 7.81. The smallest absolute Gasteiger partial charge is 0.380 e. The summed E-state index contributed by atoms with van der Waals surface area (Å²) in [5, 5.41) is 4.88. The molecule has 1 spiro atoms. The number of carbonyl (C=O) groups is 1. The molecule has 1 amide bonds. The Hall–Kier alpha value is -0.860. The molecule has 3 fully saturated rings. The van der Waals surface area contributed by atoms with Gasteiger partial charge in [0.15, 0.2) is 0 Å². The van der Waals surface area contributed by atoms with Gasteiger partial charge in [-0.25, -0.2) is 5.01 Å². The molecule has 3 atom stereocenters. The molecule has 12 heteroatoms. The Morgan fingerprint density at radius 2 is 2.21 bits per heavy atom. The summed E-state index contributed by atoms with van der Waals surface area (Å²) in [5.41, 5.74) is 10.6. The lowest BCUT2D eigenvalue weighted by Crippen LogP contribution is -2.69. The van der Waals surface area contributed by atoms with E-state index < -0.39 is 27.9 Å². The molecule has 1 unspecified atom stereocenters. The Morgan fingerprint density at radius 1 is 1.46 bits per heavy atom. The molecule has 11 nitrogen and oxygen atoms in total. The van der Waals surface area contributed by atoms with E-state index in [1.807, 2.05) is 5.01 Å². The van der Waals surface area contributed by atoms with Gasteiger partial charge in [0.25, 0.3) is 5.91 Å². The number of rotatable bonds is 5. The number of ether oxygens (including phenoxy) is 1. The summed E-state index contributed by atoms with van der Waals surface area (Å²) >= 11 is 0. The molecule has 0 saturated carbocycles. The monoisotopic (exact) mass is 365 g/mol. The SMILES string of the molecule is NC1CCN(NC(=O)[C@@H]2CC3(COC3)[C@@H](NOS(=O)(=O)O)CN2)C1.